The van der Waals surface area contributed by atoms with Crippen LogP contribution >= 0.6 is 15.9 Å². The van der Waals surface area contributed by atoms with Crippen LogP contribution in [0.5, 0.6) is 11.5 Å². The Morgan fingerprint density at radius 1 is 1.16 bits per heavy atom. The molecule has 0 aliphatic carbocycles. The quantitative estimate of drug-likeness (QED) is 0.775. The van der Waals surface area contributed by atoms with Gasteiger partial charge < -0.3 is 14.2 Å². The Hall–Kier alpha value is -0.740. The smallest absolute Gasteiger partial charge is 0.161 e. The van der Waals surface area contributed by atoms with Gasteiger partial charge >= 0.3 is 0 Å². The third kappa shape index (κ3) is 2.75. The van der Waals surface area contributed by atoms with Gasteiger partial charge in [-0.2, -0.15) is 0 Å². The van der Waals surface area contributed by atoms with Gasteiger partial charge in [0.15, 0.2) is 11.5 Å². The molecule has 2 aliphatic rings. The molecule has 3 rings (SSSR count). The fourth-order valence-corrected chi connectivity index (χ4v) is 3.71. The lowest BCUT2D eigenvalue weighted by Gasteiger charge is -2.21. The van der Waals surface area contributed by atoms with Crippen LogP contribution in [0.25, 0.3) is 0 Å². The molecule has 104 valence electrons. The first kappa shape index (κ1) is 13.3. The minimum Gasteiger partial charge on any atom is -0.490 e. The van der Waals surface area contributed by atoms with Gasteiger partial charge in [-0.05, 0) is 31.0 Å². The van der Waals surface area contributed by atoms with Crippen LogP contribution in [-0.2, 0) is 4.74 Å². The standard InChI is InChI=1S/C15H19BrO3/c1-10-12(5-8-17-10)15(16)11-3-4-13-14(9-11)19-7-2-6-18-13/h3-4,9-10,12,15H,2,5-8H2,1H3. The van der Waals surface area contributed by atoms with E-state index >= 15 is 0 Å². The van der Waals surface area contributed by atoms with Crippen molar-refractivity contribution in [2.24, 2.45) is 5.92 Å². The second-order valence-corrected chi connectivity index (χ2v) is 6.17. The predicted molar refractivity (Wildman–Crippen MR) is 77.2 cm³/mol. The molecule has 2 aliphatic heterocycles. The Kier molecular flexibility index (Phi) is 3.99. The number of ether oxygens (including phenoxy) is 3. The largest absolute Gasteiger partial charge is 0.490 e. The van der Waals surface area contributed by atoms with Crippen molar-refractivity contribution in [3.8, 4) is 11.5 Å². The van der Waals surface area contributed by atoms with Gasteiger partial charge in [0.05, 0.1) is 19.3 Å². The van der Waals surface area contributed by atoms with Crippen molar-refractivity contribution in [2.75, 3.05) is 19.8 Å². The van der Waals surface area contributed by atoms with Gasteiger partial charge in [-0.1, -0.05) is 22.0 Å². The zero-order valence-electron chi connectivity index (χ0n) is 11.1. The summed E-state index contributed by atoms with van der Waals surface area (Å²) >= 11 is 3.82. The second kappa shape index (κ2) is 5.71. The van der Waals surface area contributed by atoms with E-state index in [4.69, 9.17) is 14.2 Å². The Balaban J connectivity index is 1.82. The van der Waals surface area contributed by atoms with Gasteiger partial charge in [-0.15, -0.1) is 0 Å². The Bertz CT molecular complexity index is 449. The average molecular weight is 327 g/mol. The molecule has 0 spiro atoms. The number of rotatable bonds is 2. The first-order valence-corrected chi connectivity index (χ1v) is 7.82. The highest BCUT2D eigenvalue weighted by Gasteiger charge is 2.31. The number of hydrogen-bond donors (Lipinski definition) is 0. The summed E-state index contributed by atoms with van der Waals surface area (Å²) in [5, 5.41) is 0. The molecule has 0 radical (unpaired) electrons. The maximum Gasteiger partial charge on any atom is 0.161 e. The summed E-state index contributed by atoms with van der Waals surface area (Å²) in [5.41, 5.74) is 1.24. The number of benzene rings is 1. The molecule has 1 aromatic carbocycles. The monoisotopic (exact) mass is 326 g/mol. The van der Waals surface area contributed by atoms with Gasteiger partial charge in [0, 0.05) is 23.8 Å². The second-order valence-electron chi connectivity index (χ2n) is 5.19. The topological polar surface area (TPSA) is 27.7 Å². The van der Waals surface area contributed by atoms with Crippen LogP contribution in [0.3, 0.4) is 0 Å². The van der Waals surface area contributed by atoms with E-state index in [9.17, 15) is 0 Å². The Morgan fingerprint density at radius 2 is 1.95 bits per heavy atom. The van der Waals surface area contributed by atoms with Crippen LogP contribution in [-0.4, -0.2) is 25.9 Å². The predicted octanol–water partition coefficient (Wildman–Crippen LogP) is 3.71. The molecule has 0 N–H and O–H groups in total. The van der Waals surface area contributed by atoms with E-state index < -0.39 is 0 Å². The summed E-state index contributed by atoms with van der Waals surface area (Å²) in [6.45, 7) is 4.47. The number of halogens is 1. The summed E-state index contributed by atoms with van der Waals surface area (Å²) in [7, 11) is 0. The fraction of sp³-hybridized carbons (Fsp3) is 0.600. The van der Waals surface area contributed by atoms with E-state index in [1.807, 2.05) is 6.07 Å². The summed E-state index contributed by atoms with van der Waals surface area (Å²) < 4.78 is 17.1. The van der Waals surface area contributed by atoms with Crippen molar-refractivity contribution in [3.63, 3.8) is 0 Å². The summed E-state index contributed by atoms with van der Waals surface area (Å²) in [6.07, 6.45) is 2.35. The van der Waals surface area contributed by atoms with Crippen molar-refractivity contribution < 1.29 is 14.2 Å². The van der Waals surface area contributed by atoms with E-state index in [-0.39, 0.29) is 0 Å². The third-order valence-corrected chi connectivity index (χ3v) is 5.11. The lowest BCUT2D eigenvalue weighted by molar-refractivity contribution is 0.105. The highest BCUT2D eigenvalue weighted by Crippen LogP contribution is 2.42. The summed E-state index contributed by atoms with van der Waals surface area (Å²) in [6, 6.07) is 6.24. The maximum absolute atomic E-state index is 5.75. The highest BCUT2D eigenvalue weighted by molar-refractivity contribution is 9.09. The molecular formula is C15H19BrO3. The molecular weight excluding hydrogens is 308 g/mol. The zero-order chi connectivity index (χ0) is 13.2. The lowest BCUT2D eigenvalue weighted by Crippen LogP contribution is -2.16. The first-order chi connectivity index (χ1) is 9.25. The van der Waals surface area contributed by atoms with E-state index in [2.05, 4.69) is 35.0 Å². The molecule has 1 aromatic rings. The van der Waals surface area contributed by atoms with Gasteiger partial charge in [0.25, 0.3) is 0 Å². The molecule has 0 bridgehead atoms. The summed E-state index contributed by atoms with van der Waals surface area (Å²) in [5.74, 6) is 2.24. The van der Waals surface area contributed by atoms with E-state index in [0.29, 0.717) is 16.8 Å². The molecule has 0 aromatic heterocycles. The van der Waals surface area contributed by atoms with Gasteiger partial charge in [0.2, 0.25) is 0 Å². The minimum absolute atomic E-state index is 0.306. The first-order valence-electron chi connectivity index (χ1n) is 6.91. The van der Waals surface area contributed by atoms with Gasteiger partial charge in [-0.3, -0.25) is 0 Å². The SMILES string of the molecule is CC1OCCC1C(Br)c1ccc2c(c1)OCCCO2. The maximum atomic E-state index is 5.75. The zero-order valence-corrected chi connectivity index (χ0v) is 12.7. The third-order valence-electron chi connectivity index (χ3n) is 3.90. The molecule has 1 saturated heterocycles. The van der Waals surface area contributed by atoms with Crippen LogP contribution in [0, 0.1) is 5.92 Å². The molecule has 1 fully saturated rings. The van der Waals surface area contributed by atoms with Gasteiger partial charge in [-0.25, -0.2) is 0 Å². The van der Waals surface area contributed by atoms with Crippen LogP contribution in [0.15, 0.2) is 18.2 Å². The average Bonchev–Trinajstić information content (AvgIpc) is 2.72. The van der Waals surface area contributed by atoms with Crippen molar-refractivity contribution >= 4 is 15.9 Å². The molecule has 0 amide bonds. The Labute approximate surface area is 122 Å². The fourth-order valence-electron chi connectivity index (χ4n) is 2.73. The number of fused-ring (bicyclic) bond motifs is 1. The van der Waals surface area contributed by atoms with Crippen molar-refractivity contribution in [2.45, 2.75) is 30.7 Å². The molecule has 0 saturated carbocycles. The number of hydrogen-bond acceptors (Lipinski definition) is 3. The molecule has 19 heavy (non-hydrogen) atoms. The molecule has 3 atom stereocenters. The van der Waals surface area contributed by atoms with Crippen molar-refractivity contribution in [3.05, 3.63) is 23.8 Å². The van der Waals surface area contributed by atoms with E-state index in [0.717, 1.165) is 44.2 Å². The van der Waals surface area contributed by atoms with Crippen LogP contribution in [0.2, 0.25) is 0 Å². The van der Waals surface area contributed by atoms with E-state index in [1.54, 1.807) is 0 Å². The lowest BCUT2D eigenvalue weighted by atomic mass is 9.93. The molecule has 4 heteroatoms. The van der Waals surface area contributed by atoms with Crippen LogP contribution in [0.4, 0.5) is 0 Å². The van der Waals surface area contributed by atoms with Gasteiger partial charge in [0.1, 0.15) is 0 Å². The highest BCUT2D eigenvalue weighted by atomic mass is 79.9. The normalized spacial score (nSPS) is 27.9. The molecule has 3 unspecified atom stereocenters. The van der Waals surface area contributed by atoms with Crippen LogP contribution in [0.1, 0.15) is 30.2 Å². The van der Waals surface area contributed by atoms with E-state index in [1.165, 1.54) is 5.56 Å². The summed E-state index contributed by atoms with van der Waals surface area (Å²) in [4.78, 5) is 0.308. The van der Waals surface area contributed by atoms with Crippen molar-refractivity contribution in [1.82, 2.24) is 0 Å². The molecule has 3 nitrogen and oxygen atoms in total. The van der Waals surface area contributed by atoms with Crippen LogP contribution < -0.4 is 9.47 Å². The van der Waals surface area contributed by atoms with Crippen molar-refractivity contribution in [1.29, 1.82) is 0 Å². The Morgan fingerprint density at radius 3 is 2.68 bits per heavy atom. The number of alkyl halides is 1. The minimum atomic E-state index is 0.306. The molecule has 2 heterocycles.